The van der Waals surface area contributed by atoms with Crippen molar-refractivity contribution in [1.29, 1.82) is 0 Å². The summed E-state index contributed by atoms with van der Waals surface area (Å²) in [6.45, 7) is 3.51. The molecule has 1 aliphatic carbocycles. The lowest BCUT2D eigenvalue weighted by Gasteiger charge is -2.13. The van der Waals surface area contributed by atoms with Gasteiger partial charge in [0.1, 0.15) is 0 Å². The lowest BCUT2D eigenvalue weighted by molar-refractivity contribution is 0.485. The average molecular weight is 289 g/mol. The van der Waals surface area contributed by atoms with Crippen LogP contribution in [0.4, 0.5) is 0 Å². The van der Waals surface area contributed by atoms with Crippen LogP contribution in [0.1, 0.15) is 18.4 Å². The van der Waals surface area contributed by atoms with Gasteiger partial charge in [0, 0.05) is 12.6 Å². The van der Waals surface area contributed by atoms with Gasteiger partial charge in [-0.15, -0.1) is 24.8 Å². The van der Waals surface area contributed by atoms with Crippen LogP contribution in [0.5, 0.6) is 0 Å². The first kappa shape index (κ1) is 15.8. The minimum atomic E-state index is 0. The first-order valence-electron chi connectivity index (χ1n) is 6.40. The van der Waals surface area contributed by atoms with Crippen LogP contribution in [-0.4, -0.2) is 19.1 Å². The summed E-state index contributed by atoms with van der Waals surface area (Å²) < 4.78 is 0. The molecule has 1 aliphatic heterocycles. The summed E-state index contributed by atoms with van der Waals surface area (Å²) in [6.07, 6.45) is 2.73. The minimum absolute atomic E-state index is 0. The van der Waals surface area contributed by atoms with Crippen molar-refractivity contribution in [1.82, 2.24) is 10.6 Å². The molecule has 0 aromatic heterocycles. The van der Waals surface area contributed by atoms with Gasteiger partial charge in [-0.25, -0.2) is 0 Å². The van der Waals surface area contributed by atoms with E-state index in [0.717, 1.165) is 24.4 Å². The molecule has 3 rings (SSSR count). The highest BCUT2D eigenvalue weighted by Crippen LogP contribution is 2.34. The van der Waals surface area contributed by atoms with Crippen molar-refractivity contribution >= 4 is 24.8 Å². The normalized spacial score (nSPS) is 29.2. The maximum atomic E-state index is 3.70. The molecule has 2 nitrogen and oxygen atoms in total. The van der Waals surface area contributed by atoms with Crippen molar-refractivity contribution in [3.8, 4) is 0 Å². The molecule has 102 valence electrons. The molecule has 0 amide bonds. The highest BCUT2D eigenvalue weighted by molar-refractivity contribution is 5.85. The maximum absolute atomic E-state index is 3.70. The fraction of sp³-hybridized carbons (Fsp3) is 0.571. The Morgan fingerprint density at radius 2 is 1.61 bits per heavy atom. The van der Waals surface area contributed by atoms with Gasteiger partial charge < -0.3 is 10.6 Å². The number of nitrogens with one attached hydrogen (secondary N) is 2. The van der Waals surface area contributed by atoms with Crippen molar-refractivity contribution in [2.24, 2.45) is 11.8 Å². The predicted octanol–water partition coefficient (Wildman–Crippen LogP) is 2.62. The van der Waals surface area contributed by atoms with Crippen LogP contribution < -0.4 is 10.6 Å². The Balaban J connectivity index is 0.000000810. The molecule has 0 spiro atoms. The molecule has 2 N–H and O–H groups in total. The van der Waals surface area contributed by atoms with Crippen LogP contribution in [0.2, 0.25) is 0 Å². The largest absolute Gasteiger partial charge is 0.316 e. The lowest BCUT2D eigenvalue weighted by Crippen LogP contribution is -2.28. The molecule has 1 saturated heterocycles. The molecule has 4 heteroatoms. The van der Waals surface area contributed by atoms with E-state index in [1.807, 2.05) is 0 Å². The van der Waals surface area contributed by atoms with E-state index in [9.17, 15) is 0 Å². The van der Waals surface area contributed by atoms with Crippen LogP contribution in [0.25, 0.3) is 0 Å². The molecule has 18 heavy (non-hydrogen) atoms. The number of benzene rings is 1. The van der Waals surface area contributed by atoms with E-state index in [0.29, 0.717) is 0 Å². The summed E-state index contributed by atoms with van der Waals surface area (Å²) >= 11 is 0. The summed E-state index contributed by atoms with van der Waals surface area (Å²) in [5.41, 5.74) is 1.40. The third-order valence-electron chi connectivity index (χ3n) is 4.09. The zero-order valence-electron chi connectivity index (χ0n) is 10.5. The van der Waals surface area contributed by atoms with E-state index < -0.39 is 0 Å². The molecule has 1 aromatic rings. The molecule has 2 aliphatic rings. The van der Waals surface area contributed by atoms with E-state index in [1.165, 1.54) is 31.5 Å². The second-order valence-corrected chi connectivity index (χ2v) is 5.21. The Hall–Kier alpha value is -0.280. The van der Waals surface area contributed by atoms with Gasteiger partial charge in [0.05, 0.1) is 0 Å². The van der Waals surface area contributed by atoms with Gasteiger partial charge in [-0.05, 0) is 43.3 Å². The van der Waals surface area contributed by atoms with Gasteiger partial charge in [0.2, 0.25) is 0 Å². The molecular weight excluding hydrogens is 267 g/mol. The molecule has 2 fully saturated rings. The predicted molar refractivity (Wildman–Crippen MR) is 80.6 cm³/mol. The summed E-state index contributed by atoms with van der Waals surface area (Å²) in [5.74, 6) is 1.88. The molecule has 2 atom stereocenters. The first-order chi connectivity index (χ1) is 7.92. The molecule has 0 radical (unpaired) electrons. The highest BCUT2D eigenvalue weighted by atomic mass is 35.5. The zero-order chi connectivity index (χ0) is 10.8. The van der Waals surface area contributed by atoms with Crippen LogP contribution >= 0.6 is 24.8 Å². The van der Waals surface area contributed by atoms with Crippen LogP contribution in [0.15, 0.2) is 30.3 Å². The third-order valence-corrected chi connectivity index (χ3v) is 4.09. The molecule has 1 saturated carbocycles. The summed E-state index contributed by atoms with van der Waals surface area (Å²) in [7, 11) is 0. The Labute approximate surface area is 122 Å². The molecule has 1 aromatic carbocycles. The summed E-state index contributed by atoms with van der Waals surface area (Å²) in [4.78, 5) is 0. The fourth-order valence-corrected chi connectivity index (χ4v) is 3.19. The van der Waals surface area contributed by atoms with Crippen LogP contribution in [-0.2, 0) is 6.54 Å². The standard InChI is InChI=1S/C14H20N2.2ClH/c1-2-4-11(5-3-1)8-16-14-6-12-9-15-10-13(12)7-14;;/h1-5,12-16H,6-10H2;2*1H. The Bertz CT molecular complexity index is 333. The number of fused-ring (bicyclic) bond motifs is 1. The minimum Gasteiger partial charge on any atom is -0.316 e. The fourth-order valence-electron chi connectivity index (χ4n) is 3.19. The number of hydrogen-bond donors (Lipinski definition) is 2. The lowest BCUT2D eigenvalue weighted by atomic mass is 10.0. The first-order valence-corrected chi connectivity index (χ1v) is 6.40. The smallest absolute Gasteiger partial charge is 0.0208 e. The van der Waals surface area contributed by atoms with Crippen molar-refractivity contribution in [3.63, 3.8) is 0 Å². The van der Waals surface area contributed by atoms with Crippen molar-refractivity contribution in [2.75, 3.05) is 13.1 Å². The number of hydrogen-bond acceptors (Lipinski definition) is 2. The van der Waals surface area contributed by atoms with Crippen LogP contribution in [0.3, 0.4) is 0 Å². The Morgan fingerprint density at radius 1 is 1.00 bits per heavy atom. The van der Waals surface area contributed by atoms with E-state index in [4.69, 9.17) is 0 Å². The quantitative estimate of drug-likeness (QED) is 0.894. The van der Waals surface area contributed by atoms with Gasteiger partial charge in [0.15, 0.2) is 0 Å². The SMILES string of the molecule is Cl.Cl.c1ccc(CNC2CC3CNCC3C2)cc1. The van der Waals surface area contributed by atoms with E-state index in [-0.39, 0.29) is 24.8 Å². The van der Waals surface area contributed by atoms with Gasteiger partial charge in [-0.2, -0.15) is 0 Å². The second-order valence-electron chi connectivity index (χ2n) is 5.21. The van der Waals surface area contributed by atoms with Gasteiger partial charge in [-0.1, -0.05) is 30.3 Å². The number of rotatable bonds is 3. The Morgan fingerprint density at radius 3 is 2.22 bits per heavy atom. The van der Waals surface area contributed by atoms with Crippen molar-refractivity contribution < 1.29 is 0 Å². The molecule has 2 unspecified atom stereocenters. The van der Waals surface area contributed by atoms with Gasteiger partial charge >= 0.3 is 0 Å². The zero-order valence-corrected chi connectivity index (χ0v) is 12.1. The summed E-state index contributed by atoms with van der Waals surface area (Å²) in [6, 6.07) is 11.5. The van der Waals surface area contributed by atoms with Gasteiger partial charge in [0.25, 0.3) is 0 Å². The molecule has 1 heterocycles. The van der Waals surface area contributed by atoms with Crippen LogP contribution in [0, 0.1) is 11.8 Å². The molecular formula is C14H22Cl2N2. The van der Waals surface area contributed by atoms with Crippen molar-refractivity contribution in [3.05, 3.63) is 35.9 Å². The third kappa shape index (κ3) is 3.61. The van der Waals surface area contributed by atoms with Gasteiger partial charge in [-0.3, -0.25) is 0 Å². The maximum Gasteiger partial charge on any atom is 0.0208 e. The van der Waals surface area contributed by atoms with E-state index >= 15 is 0 Å². The monoisotopic (exact) mass is 288 g/mol. The highest BCUT2D eigenvalue weighted by Gasteiger charge is 2.36. The number of halogens is 2. The van der Waals surface area contributed by atoms with E-state index in [2.05, 4.69) is 41.0 Å². The second kappa shape index (κ2) is 7.34. The topological polar surface area (TPSA) is 24.1 Å². The summed E-state index contributed by atoms with van der Waals surface area (Å²) in [5, 5.41) is 7.19. The Kier molecular flexibility index (Phi) is 6.44. The van der Waals surface area contributed by atoms with E-state index in [1.54, 1.807) is 0 Å². The van der Waals surface area contributed by atoms with Crippen molar-refractivity contribution in [2.45, 2.75) is 25.4 Å². The average Bonchev–Trinajstić information content (AvgIpc) is 2.88. The molecule has 0 bridgehead atoms.